The molecule has 4 amide bonds. The van der Waals surface area contributed by atoms with E-state index in [-0.39, 0.29) is 48.7 Å². The highest BCUT2D eigenvalue weighted by atomic mass is 32.1. The Morgan fingerprint density at radius 2 is 1.95 bits per heavy atom. The van der Waals surface area contributed by atoms with Crippen LogP contribution in [0.3, 0.4) is 0 Å². The number of amides is 4. The van der Waals surface area contributed by atoms with E-state index in [1.807, 2.05) is 39.1 Å². The lowest BCUT2D eigenvalue weighted by Gasteiger charge is -2.31. The van der Waals surface area contributed by atoms with Gasteiger partial charge in [0.2, 0.25) is 0 Å². The smallest absolute Gasteiger partial charge is 0.467 e. The Labute approximate surface area is 368 Å². The van der Waals surface area contributed by atoms with Gasteiger partial charge in [-0.05, 0) is 69.9 Å². The number of ether oxygens (including phenoxy) is 3. The number of carbonyl (C=O) groups excluding carboxylic acids is 4. The van der Waals surface area contributed by atoms with Gasteiger partial charge >= 0.3 is 6.03 Å². The molecule has 0 bridgehead atoms. The first-order chi connectivity index (χ1) is 29.7. The Morgan fingerprint density at radius 1 is 1.16 bits per heavy atom. The van der Waals surface area contributed by atoms with Crippen molar-refractivity contribution in [2.45, 2.75) is 98.9 Å². The van der Waals surface area contributed by atoms with Crippen LogP contribution in [0.2, 0.25) is 0 Å². The van der Waals surface area contributed by atoms with E-state index >= 15 is 0 Å². The predicted molar refractivity (Wildman–Crippen MR) is 240 cm³/mol. The molecule has 3 unspecified atom stereocenters. The lowest BCUT2D eigenvalue weighted by atomic mass is 9.84. The fourth-order valence-corrected chi connectivity index (χ4v) is 9.41. The molecule has 334 valence electrons. The zero-order valence-corrected chi connectivity index (χ0v) is 38.5. The first-order valence-corrected chi connectivity index (χ1v) is 22.5. The molecule has 4 aromatic rings. The largest absolute Gasteiger partial charge is 0.493 e. The number of thiazole rings is 1. The SMILES string of the molecule is CCn1c(-c2cccnc2C(C)OC)c(CC(C)(C)COC=O)c2cc(-c3csc(CC(NC(=O)/C(C(C)C)=[N+](\C)C(=O)N4CCOCC4C)C(=O)N4CCCCN4)n3)ccc21. The average molecular weight is 872 g/mol. The van der Waals surface area contributed by atoms with Gasteiger partial charge < -0.3 is 24.1 Å². The minimum absolute atomic E-state index is 0.136. The second-order valence-corrected chi connectivity index (χ2v) is 18.3. The molecule has 0 radical (unpaired) electrons. The third-order valence-electron chi connectivity index (χ3n) is 11.8. The Morgan fingerprint density at radius 3 is 2.63 bits per heavy atom. The summed E-state index contributed by atoms with van der Waals surface area (Å²) >= 11 is 1.43. The molecule has 0 saturated carbocycles. The van der Waals surface area contributed by atoms with Crippen LogP contribution in [0, 0.1) is 11.3 Å². The van der Waals surface area contributed by atoms with Gasteiger partial charge in [0.25, 0.3) is 18.3 Å². The summed E-state index contributed by atoms with van der Waals surface area (Å²) in [5.74, 6) is -1.04. The maximum Gasteiger partial charge on any atom is 0.493 e. The third kappa shape index (κ3) is 10.3. The molecule has 62 heavy (non-hydrogen) atoms. The van der Waals surface area contributed by atoms with Crippen molar-refractivity contribution in [2.75, 3.05) is 53.6 Å². The Balaban J connectivity index is 1.37. The predicted octanol–water partition coefficient (Wildman–Crippen LogP) is 6.03. The molecule has 6 rings (SSSR count). The number of nitrogens with one attached hydrogen (secondary N) is 2. The van der Waals surface area contributed by atoms with Gasteiger partial charge in [-0.3, -0.25) is 24.4 Å². The fraction of sp³-hybridized carbons (Fsp3) is 0.543. The Hall–Kier alpha value is -5.03. The van der Waals surface area contributed by atoms with Gasteiger partial charge in [0.05, 0.1) is 55.1 Å². The molecule has 2 N–H and O–H groups in total. The lowest BCUT2D eigenvalue weighted by Crippen LogP contribution is -2.58. The molecule has 2 fully saturated rings. The summed E-state index contributed by atoms with van der Waals surface area (Å²) in [4.78, 5) is 65.0. The van der Waals surface area contributed by atoms with Crippen molar-refractivity contribution in [3.63, 3.8) is 0 Å². The van der Waals surface area contributed by atoms with Crippen LogP contribution >= 0.6 is 11.3 Å². The second kappa shape index (κ2) is 20.4. The summed E-state index contributed by atoms with van der Waals surface area (Å²) < 4.78 is 20.4. The van der Waals surface area contributed by atoms with Gasteiger partial charge in [-0.2, -0.15) is 9.37 Å². The van der Waals surface area contributed by atoms with Crippen LogP contribution in [0.15, 0.2) is 41.9 Å². The summed E-state index contributed by atoms with van der Waals surface area (Å²) in [6.07, 6.45) is 4.10. The van der Waals surface area contributed by atoms with Crippen molar-refractivity contribution in [3.05, 3.63) is 58.2 Å². The molecule has 3 atom stereocenters. The van der Waals surface area contributed by atoms with Crippen LogP contribution in [0.5, 0.6) is 0 Å². The molecule has 2 saturated heterocycles. The molecule has 15 nitrogen and oxygen atoms in total. The standard InChI is InChI=1S/C46H62N8O7S/c1-10-52-38-16-15-32(22-34(38)35(24-46(6,7)27-61-28-55)42(52)33-14-13-17-47-40(33)31(5)59-9)37-26-62-39(49-37)23-36(44(57)54-19-12-11-18-48-54)50-43(56)41(29(2)3)51(8)45(58)53-20-21-60-25-30(53)4/h13-17,22,26,28-31,36,48H,10-12,18-21,23-25,27H2,1-9H3/p+1/b51-41+. The van der Waals surface area contributed by atoms with Crippen molar-refractivity contribution in [2.24, 2.45) is 11.3 Å². The van der Waals surface area contributed by atoms with E-state index in [1.165, 1.54) is 15.9 Å². The molecule has 1 aromatic carbocycles. The first kappa shape index (κ1) is 46.5. The van der Waals surface area contributed by atoms with Gasteiger partial charge in [-0.1, -0.05) is 33.8 Å². The summed E-state index contributed by atoms with van der Waals surface area (Å²) in [6.45, 7) is 17.9. The molecule has 2 aliphatic rings. The number of hydrazine groups is 1. The van der Waals surface area contributed by atoms with Gasteiger partial charge in [-0.25, -0.2) is 15.3 Å². The van der Waals surface area contributed by atoms with Crippen LogP contribution in [-0.4, -0.2) is 125 Å². The van der Waals surface area contributed by atoms with Crippen LogP contribution in [0.25, 0.3) is 33.4 Å². The number of rotatable bonds is 16. The number of pyridine rings is 1. The summed E-state index contributed by atoms with van der Waals surface area (Å²) in [7, 11) is 3.30. The number of morpholine rings is 1. The highest BCUT2D eigenvalue weighted by Gasteiger charge is 2.38. The van der Waals surface area contributed by atoms with Crippen LogP contribution in [-0.2, 0) is 48.0 Å². The van der Waals surface area contributed by atoms with Gasteiger partial charge in [0.1, 0.15) is 18.6 Å². The normalized spacial score (nSPS) is 17.5. The second-order valence-electron chi connectivity index (χ2n) is 17.3. The molecular formula is C46H63N8O7S+. The van der Waals surface area contributed by atoms with Crippen LogP contribution in [0.4, 0.5) is 4.79 Å². The van der Waals surface area contributed by atoms with Crippen molar-refractivity contribution in [1.29, 1.82) is 0 Å². The lowest BCUT2D eigenvalue weighted by molar-refractivity contribution is -0.407. The van der Waals surface area contributed by atoms with Crippen molar-refractivity contribution in [3.8, 4) is 22.5 Å². The van der Waals surface area contributed by atoms with E-state index in [4.69, 9.17) is 24.2 Å². The van der Waals surface area contributed by atoms with Crippen molar-refractivity contribution < 1.29 is 38.0 Å². The number of hydrogen-bond acceptors (Lipinski definition) is 11. The fourth-order valence-electron chi connectivity index (χ4n) is 8.56. The number of carbonyl (C=O) groups is 4. The Kier molecular flexibility index (Phi) is 15.3. The molecular weight excluding hydrogens is 809 g/mol. The minimum atomic E-state index is -0.944. The van der Waals surface area contributed by atoms with Crippen molar-refractivity contribution >= 4 is 52.3 Å². The van der Waals surface area contributed by atoms with Gasteiger partial charge in [0, 0.05) is 78.1 Å². The van der Waals surface area contributed by atoms with Crippen molar-refractivity contribution in [1.82, 2.24) is 35.2 Å². The molecule has 0 aliphatic carbocycles. The van der Waals surface area contributed by atoms with E-state index in [1.54, 1.807) is 30.3 Å². The number of methoxy groups -OCH3 is 1. The average Bonchev–Trinajstić information content (AvgIpc) is 3.86. The number of aromatic nitrogens is 3. The van der Waals surface area contributed by atoms with E-state index < -0.39 is 17.4 Å². The molecule has 16 heteroatoms. The van der Waals surface area contributed by atoms with E-state index in [9.17, 15) is 19.2 Å². The number of aryl methyl sites for hydroxylation is 1. The van der Waals surface area contributed by atoms with Crippen LogP contribution < -0.4 is 10.7 Å². The maximum atomic E-state index is 14.2. The maximum absolute atomic E-state index is 14.2. The quantitative estimate of drug-likeness (QED) is 0.0774. The third-order valence-corrected chi connectivity index (χ3v) is 12.6. The summed E-state index contributed by atoms with van der Waals surface area (Å²) in [6, 6.07) is 9.02. The molecule has 5 heterocycles. The highest BCUT2D eigenvalue weighted by molar-refractivity contribution is 7.10. The van der Waals surface area contributed by atoms with Gasteiger partial charge in [0.15, 0.2) is 5.71 Å². The van der Waals surface area contributed by atoms with E-state index in [0.717, 1.165) is 57.5 Å². The number of urea groups is 1. The zero-order valence-electron chi connectivity index (χ0n) is 37.7. The molecule has 2 aliphatic heterocycles. The zero-order chi connectivity index (χ0) is 44.7. The monoisotopic (exact) mass is 871 g/mol. The number of nitrogens with zero attached hydrogens (tertiary/aromatic N) is 6. The number of benzene rings is 1. The highest BCUT2D eigenvalue weighted by Crippen LogP contribution is 2.41. The number of fused-ring (bicyclic) bond motifs is 1. The Bertz CT molecular complexity index is 2280. The summed E-state index contributed by atoms with van der Waals surface area (Å²) in [5, 5.41) is 8.34. The topological polar surface area (TPSA) is 160 Å². The van der Waals surface area contributed by atoms with Crippen LogP contribution in [0.1, 0.15) is 83.7 Å². The molecule has 3 aromatic heterocycles. The molecule has 0 spiro atoms. The number of hydrogen-bond donors (Lipinski definition) is 2. The van der Waals surface area contributed by atoms with E-state index in [0.29, 0.717) is 57.3 Å². The first-order valence-electron chi connectivity index (χ1n) is 21.7. The summed E-state index contributed by atoms with van der Waals surface area (Å²) in [5.41, 5.74) is 9.73. The van der Waals surface area contributed by atoms with E-state index in [2.05, 4.69) is 60.3 Å². The minimum Gasteiger partial charge on any atom is -0.467 e. The van der Waals surface area contributed by atoms with Gasteiger partial charge in [-0.15, -0.1) is 11.3 Å².